The van der Waals surface area contributed by atoms with Crippen molar-refractivity contribution in [3.05, 3.63) is 0 Å². The monoisotopic (exact) mass is 242 g/mol. The summed E-state index contributed by atoms with van der Waals surface area (Å²) in [5.74, 6) is -1.68. The van der Waals surface area contributed by atoms with Crippen molar-refractivity contribution in [3.63, 3.8) is 0 Å². The van der Waals surface area contributed by atoms with Crippen LogP contribution in [0.2, 0.25) is 0 Å². The fraction of sp³-hybridized carbons (Fsp3) is 0.727. The van der Waals surface area contributed by atoms with Gasteiger partial charge in [0.05, 0.1) is 12.6 Å². The van der Waals surface area contributed by atoms with Gasteiger partial charge in [-0.1, -0.05) is 13.3 Å². The summed E-state index contributed by atoms with van der Waals surface area (Å²) in [5.41, 5.74) is 0. The molecule has 0 aliphatic carbocycles. The number of barbiturate groups is 1. The van der Waals surface area contributed by atoms with Crippen molar-refractivity contribution < 1.29 is 19.1 Å². The second-order valence-electron chi connectivity index (χ2n) is 4.15. The summed E-state index contributed by atoms with van der Waals surface area (Å²) in [4.78, 5) is 36.2. The highest BCUT2D eigenvalue weighted by molar-refractivity contribution is 6.16. The van der Waals surface area contributed by atoms with E-state index in [1.54, 1.807) is 6.92 Å². The summed E-state index contributed by atoms with van der Waals surface area (Å²) in [7, 11) is 1.50. The van der Waals surface area contributed by atoms with Crippen LogP contribution in [0.1, 0.15) is 26.7 Å². The second-order valence-corrected chi connectivity index (χ2v) is 4.15. The van der Waals surface area contributed by atoms with Gasteiger partial charge < -0.3 is 4.74 Å². The first-order valence-electron chi connectivity index (χ1n) is 5.69. The van der Waals surface area contributed by atoms with Gasteiger partial charge in [0.15, 0.2) is 0 Å². The molecular formula is C11H18N2O4. The maximum absolute atomic E-state index is 12.0. The predicted molar refractivity (Wildman–Crippen MR) is 60.1 cm³/mol. The Balaban J connectivity index is 2.85. The standard InChI is InChI=1S/C11H18N2O4/c1-4-5-8-9(14)12-11(16)13(10(8)15)7(2)6-17-3/h7-8H,4-6H2,1-3H3,(H,12,14,16). The molecule has 1 saturated heterocycles. The maximum Gasteiger partial charge on any atom is 0.331 e. The molecule has 17 heavy (non-hydrogen) atoms. The molecule has 1 rings (SSSR count). The normalized spacial score (nSPS) is 22.6. The van der Waals surface area contributed by atoms with Crippen LogP contribution < -0.4 is 5.32 Å². The van der Waals surface area contributed by atoms with Crippen LogP contribution >= 0.6 is 0 Å². The number of carbonyl (C=O) groups excluding carboxylic acids is 3. The van der Waals surface area contributed by atoms with Crippen LogP contribution in [0.15, 0.2) is 0 Å². The zero-order valence-electron chi connectivity index (χ0n) is 10.4. The van der Waals surface area contributed by atoms with Crippen molar-refractivity contribution >= 4 is 17.8 Å². The molecule has 0 radical (unpaired) electrons. The minimum Gasteiger partial charge on any atom is -0.383 e. The molecule has 0 bridgehead atoms. The molecule has 2 unspecified atom stereocenters. The third-order valence-corrected chi connectivity index (χ3v) is 2.73. The van der Waals surface area contributed by atoms with Crippen LogP contribution in [0.5, 0.6) is 0 Å². The van der Waals surface area contributed by atoms with E-state index in [0.717, 1.165) is 4.90 Å². The Morgan fingerprint density at radius 3 is 2.59 bits per heavy atom. The summed E-state index contributed by atoms with van der Waals surface area (Å²) in [6, 6.07) is -1.03. The molecule has 4 amide bonds. The van der Waals surface area contributed by atoms with Gasteiger partial charge in [-0.15, -0.1) is 0 Å². The van der Waals surface area contributed by atoms with Crippen molar-refractivity contribution in [2.24, 2.45) is 5.92 Å². The SMILES string of the molecule is CCCC1C(=O)NC(=O)N(C(C)COC)C1=O. The third kappa shape index (κ3) is 2.82. The molecule has 96 valence electrons. The van der Waals surface area contributed by atoms with Gasteiger partial charge in [0.2, 0.25) is 11.8 Å². The lowest BCUT2D eigenvalue weighted by Crippen LogP contribution is -2.61. The summed E-state index contributed by atoms with van der Waals surface area (Å²) in [5, 5.41) is 2.21. The zero-order chi connectivity index (χ0) is 13.0. The predicted octanol–water partition coefficient (Wildman–Crippen LogP) is 0.516. The summed E-state index contributed by atoms with van der Waals surface area (Å²) >= 11 is 0. The maximum atomic E-state index is 12.0. The van der Waals surface area contributed by atoms with Crippen LogP contribution in [-0.4, -0.2) is 42.5 Å². The number of carbonyl (C=O) groups is 3. The molecule has 6 heteroatoms. The number of urea groups is 1. The first-order chi connectivity index (χ1) is 8.02. The van der Waals surface area contributed by atoms with Gasteiger partial charge in [-0.25, -0.2) is 4.79 Å². The van der Waals surface area contributed by atoms with E-state index in [0.29, 0.717) is 12.8 Å². The van der Waals surface area contributed by atoms with E-state index in [1.165, 1.54) is 7.11 Å². The van der Waals surface area contributed by atoms with E-state index in [9.17, 15) is 14.4 Å². The van der Waals surface area contributed by atoms with E-state index >= 15 is 0 Å². The fourth-order valence-electron chi connectivity index (χ4n) is 1.91. The van der Waals surface area contributed by atoms with Crippen LogP contribution in [0.3, 0.4) is 0 Å². The van der Waals surface area contributed by atoms with Crippen molar-refractivity contribution in [3.8, 4) is 0 Å². The molecule has 6 nitrogen and oxygen atoms in total. The molecule has 1 heterocycles. The van der Waals surface area contributed by atoms with Crippen molar-refractivity contribution in [1.82, 2.24) is 10.2 Å². The Labute approximate surface area is 100 Å². The van der Waals surface area contributed by atoms with E-state index in [2.05, 4.69) is 5.32 Å². The lowest BCUT2D eigenvalue weighted by atomic mass is 9.98. The van der Waals surface area contributed by atoms with E-state index in [1.807, 2.05) is 6.92 Å². The molecular weight excluding hydrogens is 224 g/mol. The lowest BCUT2D eigenvalue weighted by molar-refractivity contribution is -0.144. The van der Waals surface area contributed by atoms with E-state index in [4.69, 9.17) is 4.74 Å². The molecule has 0 aromatic heterocycles. The lowest BCUT2D eigenvalue weighted by Gasteiger charge is -2.33. The first-order valence-corrected chi connectivity index (χ1v) is 5.69. The molecule has 0 spiro atoms. The Morgan fingerprint density at radius 2 is 2.06 bits per heavy atom. The summed E-state index contributed by atoms with van der Waals surface area (Å²) in [6.07, 6.45) is 1.17. The molecule has 0 saturated carbocycles. The largest absolute Gasteiger partial charge is 0.383 e. The minimum atomic E-state index is -0.753. The van der Waals surface area contributed by atoms with Crippen LogP contribution in [0.25, 0.3) is 0 Å². The van der Waals surface area contributed by atoms with Crippen molar-refractivity contribution in [2.75, 3.05) is 13.7 Å². The van der Waals surface area contributed by atoms with Gasteiger partial charge in [0.1, 0.15) is 5.92 Å². The van der Waals surface area contributed by atoms with Crippen molar-refractivity contribution in [1.29, 1.82) is 0 Å². The summed E-state index contributed by atoms with van der Waals surface area (Å²) < 4.78 is 4.92. The number of imide groups is 2. The Kier molecular flexibility index (Phi) is 4.62. The highest BCUT2D eigenvalue weighted by Crippen LogP contribution is 2.18. The number of nitrogens with one attached hydrogen (secondary N) is 1. The molecule has 0 aromatic carbocycles. The van der Waals surface area contributed by atoms with Crippen LogP contribution in [0.4, 0.5) is 4.79 Å². The highest BCUT2D eigenvalue weighted by Gasteiger charge is 2.41. The molecule has 1 fully saturated rings. The average molecular weight is 242 g/mol. The van der Waals surface area contributed by atoms with Crippen LogP contribution in [0, 0.1) is 5.92 Å². The number of hydrogen-bond acceptors (Lipinski definition) is 4. The Morgan fingerprint density at radius 1 is 1.41 bits per heavy atom. The first kappa shape index (κ1) is 13.6. The number of nitrogens with zero attached hydrogens (tertiary/aromatic N) is 1. The van der Waals surface area contributed by atoms with Gasteiger partial charge in [0, 0.05) is 7.11 Å². The minimum absolute atomic E-state index is 0.256. The van der Waals surface area contributed by atoms with E-state index in [-0.39, 0.29) is 12.6 Å². The average Bonchev–Trinajstić information content (AvgIpc) is 2.24. The molecule has 0 aromatic rings. The number of hydrogen-bond donors (Lipinski definition) is 1. The molecule has 2 atom stereocenters. The zero-order valence-corrected chi connectivity index (χ0v) is 10.4. The molecule has 1 aliphatic rings. The highest BCUT2D eigenvalue weighted by atomic mass is 16.5. The Bertz CT molecular complexity index is 329. The number of rotatable bonds is 5. The molecule has 1 aliphatic heterocycles. The van der Waals surface area contributed by atoms with Gasteiger partial charge in [-0.2, -0.15) is 0 Å². The number of ether oxygens (including phenoxy) is 1. The fourth-order valence-corrected chi connectivity index (χ4v) is 1.91. The topological polar surface area (TPSA) is 75.7 Å². The summed E-state index contributed by atoms with van der Waals surface area (Å²) in [6.45, 7) is 3.85. The van der Waals surface area contributed by atoms with Gasteiger partial charge in [0.25, 0.3) is 0 Å². The van der Waals surface area contributed by atoms with Gasteiger partial charge in [-0.3, -0.25) is 19.8 Å². The third-order valence-electron chi connectivity index (χ3n) is 2.73. The smallest absolute Gasteiger partial charge is 0.331 e. The second kappa shape index (κ2) is 5.77. The van der Waals surface area contributed by atoms with E-state index < -0.39 is 23.8 Å². The Hall–Kier alpha value is -1.43. The quantitative estimate of drug-likeness (QED) is 0.713. The van der Waals surface area contributed by atoms with Crippen molar-refractivity contribution in [2.45, 2.75) is 32.7 Å². The van der Waals surface area contributed by atoms with Gasteiger partial charge in [-0.05, 0) is 13.3 Å². The van der Waals surface area contributed by atoms with Gasteiger partial charge >= 0.3 is 6.03 Å². The number of amides is 4. The van der Waals surface area contributed by atoms with Crippen LogP contribution in [-0.2, 0) is 14.3 Å². The number of methoxy groups -OCH3 is 1. The molecule has 1 N–H and O–H groups in total.